The third-order valence-corrected chi connectivity index (χ3v) is 7.80. The maximum atomic E-state index is 12.4. The molecule has 2 aromatic rings. The van der Waals surface area contributed by atoms with Crippen LogP contribution in [0.15, 0.2) is 54.3 Å². The highest BCUT2D eigenvalue weighted by molar-refractivity contribution is 5.86. The third-order valence-electron chi connectivity index (χ3n) is 7.80. The number of nitrogens with one attached hydrogen (secondary N) is 1. The fourth-order valence-electron chi connectivity index (χ4n) is 5.32. The molecular formula is C29H35N5O. The Balaban J connectivity index is 1.13. The van der Waals surface area contributed by atoms with Crippen molar-refractivity contribution in [3.8, 4) is 11.1 Å². The average molecular weight is 470 g/mol. The Morgan fingerprint density at radius 1 is 1.03 bits per heavy atom. The van der Waals surface area contributed by atoms with Crippen LogP contribution in [0.3, 0.4) is 0 Å². The van der Waals surface area contributed by atoms with E-state index in [9.17, 15) is 4.79 Å². The highest BCUT2D eigenvalue weighted by atomic mass is 16.2. The van der Waals surface area contributed by atoms with E-state index in [0.717, 1.165) is 70.6 Å². The molecule has 0 atom stereocenters. The average Bonchev–Trinajstić information content (AvgIpc) is 3.61. The summed E-state index contributed by atoms with van der Waals surface area (Å²) < 4.78 is 0. The Morgan fingerprint density at radius 3 is 2.54 bits per heavy atom. The SMILES string of the molecule is CN1CCN(Cc2ccc(-c3cnc4c(c3)C(C3=CCN(C(=O)NC5CC5)CC3)=CC4)cc2)CC1. The number of hydrogen-bond acceptors (Lipinski definition) is 4. The summed E-state index contributed by atoms with van der Waals surface area (Å²) in [5.41, 5.74) is 8.83. The van der Waals surface area contributed by atoms with Gasteiger partial charge >= 0.3 is 6.03 Å². The van der Waals surface area contributed by atoms with Gasteiger partial charge in [0, 0.05) is 75.6 Å². The first kappa shape index (κ1) is 22.5. The largest absolute Gasteiger partial charge is 0.335 e. The Kier molecular flexibility index (Phi) is 6.17. The van der Waals surface area contributed by atoms with Gasteiger partial charge in [0.25, 0.3) is 0 Å². The van der Waals surface area contributed by atoms with Crippen LogP contribution in [0, 0.1) is 0 Å². The summed E-state index contributed by atoms with van der Waals surface area (Å²) in [5, 5.41) is 3.11. The van der Waals surface area contributed by atoms with E-state index < -0.39 is 0 Å². The second-order valence-electron chi connectivity index (χ2n) is 10.5. The van der Waals surface area contributed by atoms with Crippen molar-refractivity contribution < 1.29 is 4.79 Å². The summed E-state index contributed by atoms with van der Waals surface area (Å²) in [4.78, 5) is 24.1. The molecule has 2 amide bonds. The number of carbonyl (C=O) groups excluding carboxylic acids is 1. The molecular weight excluding hydrogens is 434 g/mol. The zero-order valence-electron chi connectivity index (χ0n) is 20.7. The van der Waals surface area contributed by atoms with Crippen molar-refractivity contribution in [3.05, 3.63) is 71.1 Å². The molecule has 4 aliphatic rings. The number of pyridine rings is 1. The van der Waals surface area contributed by atoms with E-state index in [1.165, 1.54) is 33.4 Å². The zero-order chi connectivity index (χ0) is 23.8. The van der Waals surface area contributed by atoms with E-state index in [4.69, 9.17) is 4.98 Å². The molecule has 0 unspecified atom stereocenters. The van der Waals surface area contributed by atoms with Crippen molar-refractivity contribution in [2.45, 2.75) is 38.3 Å². The predicted molar refractivity (Wildman–Crippen MR) is 140 cm³/mol. The summed E-state index contributed by atoms with van der Waals surface area (Å²) in [6.07, 6.45) is 10.6. The summed E-state index contributed by atoms with van der Waals surface area (Å²) in [7, 11) is 2.20. The molecule has 1 aromatic heterocycles. The maximum absolute atomic E-state index is 12.4. The van der Waals surface area contributed by atoms with Gasteiger partial charge in [-0.3, -0.25) is 9.88 Å². The number of rotatable bonds is 5. The van der Waals surface area contributed by atoms with Gasteiger partial charge in [0.2, 0.25) is 0 Å². The number of benzene rings is 1. The molecule has 2 aliphatic carbocycles. The number of nitrogens with zero attached hydrogens (tertiary/aromatic N) is 4. The quantitative estimate of drug-likeness (QED) is 0.721. The smallest absolute Gasteiger partial charge is 0.317 e. The van der Waals surface area contributed by atoms with Crippen LogP contribution < -0.4 is 5.32 Å². The van der Waals surface area contributed by atoms with Gasteiger partial charge in [0.15, 0.2) is 0 Å². The van der Waals surface area contributed by atoms with Crippen LogP contribution >= 0.6 is 0 Å². The van der Waals surface area contributed by atoms with E-state index in [2.05, 4.69) is 64.6 Å². The highest BCUT2D eigenvalue weighted by Crippen LogP contribution is 2.36. The lowest BCUT2D eigenvalue weighted by molar-refractivity contribution is 0.148. The molecule has 6 heteroatoms. The van der Waals surface area contributed by atoms with Crippen molar-refractivity contribution in [3.63, 3.8) is 0 Å². The fraction of sp³-hybridized carbons (Fsp3) is 0.448. The molecule has 2 fully saturated rings. The summed E-state index contributed by atoms with van der Waals surface area (Å²) in [6.45, 7) is 7.06. The number of amides is 2. The lowest BCUT2D eigenvalue weighted by atomic mass is 9.94. The third kappa shape index (κ3) is 5.04. The van der Waals surface area contributed by atoms with E-state index in [0.29, 0.717) is 12.6 Å². The molecule has 1 N–H and O–H groups in total. The van der Waals surface area contributed by atoms with Crippen molar-refractivity contribution in [2.75, 3.05) is 46.3 Å². The molecule has 6 rings (SSSR count). The van der Waals surface area contributed by atoms with Crippen molar-refractivity contribution in [2.24, 2.45) is 0 Å². The van der Waals surface area contributed by atoms with Crippen molar-refractivity contribution in [1.82, 2.24) is 25.0 Å². The molecule has 3 heterocycles. The maximum Gasteiger partial charge on any atom is 0.317 e. The van der Waals surface area contributed by atoms with E-state index in [1.54, 1.807) is 0 Å². The van der Waals surface area contributed by atoms with Crippen LogP contribution in [0.4, 0.5) is 4.79 Å². The summed E-state index contributed by atoms with van der Waals surface area (Å²) in [6, 6.07) is 11.8. The van der Waals surface area contributed by atoms with Crippen LogP contribution in [0.1, 0.15) is 36.1 Å². The minimum atomic E-state index is 0.0867. The standard InChI is InChI=1S/C29H35N5O/c1-32-14-16-33(17-15-32)20-21-2-4-22(5-3-21)24-18-27-26(8-9-28(27)30-19-24)23-10-12-34(13-11-23)29(35)31-25-6-7-25/h2-5,8,10,18-19,25H,6-7,9,11-17,20H2,1H3,(H,31,35). The minimum Gasteiger partial charge on any atom is -0.335 e. The lowest BCUT2D eigenvalue weighted by Gasteiger charge is -2.32. The highest BCUT2D eigenvalue weighted by Gasteiger charge is 2.28. The fourth-order valence-corrected chi connectivity index (χ4v) is 5.32. The first-order valence-corrected chi connectivity index (χ1v) is 13.1. The van der Waals surface area contributed by atoms with Crippen molar-refractivity contribution in [1.29, 1.82) is 0 Å². The predicted octanol–water partition coefficient (Wildman–Crippen LogP) is 3.94. The molecule has 1 saturated heterocycles. The van der Waals surface area contributed by atoms with Gasteiger partial charge in [0.1, 0.15) is 0 Å². The van der Waals surface area contributed by atoms with Gasteiger partial charge in [-0.1, -0.05) is 36.4 Å². The van der Waals surface area contributed by atoms with Crippen LogP contribution in [-0.2, 0) is 13.0 Å². The van der Waals surface area contributed by atoms with Gasteiger partial charge in [-0.25, -0.2) is 4.79 Å². The monoisotopic (exact) mass is 469 g/mol. The van der Waals surface area contributed by atoms with Crippen LogP contribution in [0.25, 0.3) is 16.7 Å². The van der Waals surface area contributed by atoms with Gasteiger partial charge in [-0.15, -0.1) is 0 Å². The van der Waals surface area contributed by atoms with E-state index >= 15 is 0 Å². The second kappa shape index (κ2) is 9.59. The van der Waals surface area contributed by atoms with Gasteiger partial charge in [0.05, 0.1) is 5.69 Å². The number of aromatic nitrogens is 1. The Morgan fingerprint density at radius 2 is 1.83 bits per heavy atom. The molecule has 35 heavy (non-hydrogen) atoms. The molecule has 6 nitrogen and oxygen atoms in total. The second-order valence-corrected chi connectivity index (χ2v) is 10.5. The normalized spacial score (nSPS) is 20.9. The minimum absolute atomic E-state index is 0.0867. The number of piperazine rings is 1. The van der Waals surface area contributed by atoms with Gasteiger partial charge < -0.3 is 15.1 Å². The number of urea groups is 1. The Hall–Kier alpha value is -2.96. The topological polar surface area (TPSA) is 51.7 Å². The lowest BCUT2D eigenvalue weighted by Crippen LogP contribution is -2.43. The molecule has 0 spiro atoms. The number of fused-ring (bicyclic) bond motifs is 1. The van der Waals surface area contributed by atoms with E-state index in [-0.39, 0.29) is 6.03 Å². The molecule has 0 radical (unpaired) electrons. The molecule has 2 aliphatic heterocycles. The molecule has 182 valence electrons. The number of hydrogen-bond donors (Lipinski definition) is 1. The van der Waals surface area contributed by atoms with Crippen molar-refractivity contribution >= 4 is 11.6 Å². The Labute approximate surface area is 208 Å². The number of carbonyl (C=O) groups is 1. The molecule has 1 saturated carbocycles. The van der Waals surface area contributed by atoms with Crippen LogP contribution in [0.2, 0.25) is 0 Å². The number of likely N-dealkylation sites (N-methyl/N-ethyl adjacent to an activating group) is 1. The zero-order valence-corrected chi connectivity index (χ0v) is 20.7. The number of allylic oxidation sites excluding steroid dienone is 2. The summed E-state index contributed by atoms with van der Waals surface area (Å²) >= 11 is 0. The van der Waals surface area contributed by atoms with Crippen LogP contribution in [0.5, 0.6) is 0 Å². The van der Waals surface area contributed by atoms with E-state index in [1.807, 2.05) is 11.1 Å². The first-order chi connectivity index (χ1) is 17.1. The molecule has 0 bridgehead atoms. The Bertz CT molecular complexity index is 1160. The summed E-state index contributed by atoms with van der Waals surface area (Å²) in [5.74, 6) is 0. The first-order valence-electron chi connectivity index (χ1n) is 13.1. The van der Waals surface area contributed by atoms with Crippen LogP contribution in [-0.4, -0.2) is 78.1 Å². The molecule has 1 aromatic carbocycles. The van der Waals surface area contributed by atoms with Gasteiger partial charge in [-0.05, 0) is 54.6 Å². The van der Waals surface area contributed by atoms with Gasteiger partial charge in [-0.2, -0.15) is 0 Å².